The van der Waals surface area contributed by atoms with Crippen molar-refractivity contribution in [2.45, 2.75) is 110 Å². The van der Waals surface area contributed by atoms with Crippen LogP contribution in [0, 0.1) is 5.92 Å². The van der Waals surface area contributed by atoms with Crippen LogP contribution in [0.5, 0.6) is 0 Å². The Morgan fingerprint density at radius 2 is 1.32 bits per heavy atom. The summed E-state index contributed by atoms with van der Waals surface area (Å²) in [6.45, 7) is 2.26. The molecule has 1 fully saturated rings. The van der Waals surface area contributed by atoms with Crippen molar-refractivity contribution in [1.29, 1.82) is 0 Å². The predicted molar refractivity (Wildman–Crippen MR) is 103 cm³/mol. The third-order valence-electron chi connectivity index (χ3n) is 5.03. The van der Waals surface area contributed by atoms with Crippen molar-refractivity contribution in [3.8, 4) is 0 Å². The predicted octanol–water partition coefficient (Wildman–Crippen LogP) is 6.50. The first-order chi connectivity index (χ1) is 12.2. The Kier molecular flexibility index (Phi) is 13.3. The van der Waals surface area contributed by atoms with Gasteiger partial charge >= 0.3 is 11.9 Å². The van der Waals surface area contributed by atoms with E-state index in [1.807, 2.05) is 0 Å². The number of carbonyl (C=O) groups is 2. The fourth-order valence-electron chi connectivity index (χ4n) is 3.38. The van der Waals surface area contributed by atoms with Gasteiger partial charge in [0.2, 0.25) is 0 Å². The lowest BCUT2D eigenvalue weighted by Gasteiger charge is -2.04. The van der Waals surface area contributed by atoms with Gasteiger partial charge in [0.1, 0.15) is 0 Å². The molecule has 25 heavy (non-hydrogen) atoms. The van der Waals surface area contributed by atoms with Gasteiger partial charge in [-0.2, -0.15) is 0 Å². The number of hydrogen-bond acceptors (Lipinski definition) is 3. The highest BCUT2D eigenvalue weighted by atomic mass is 16.6. The van der Waals surface area contributed by atoms with Gasteiger partial charge in [0.25, 0.3) is 0 Å². The van der Waals surface area contributed by atoms with Crippen LogP contribution in [0.1, 0.15) is 110 Å². The largest absolute Gasteiger partial charge is 0.393 e. The summed E-state index contributed by atoms with van der Waals surface area (Å²) in [5.74, 6) is -0.818. The maximum absolute atomic E-state index is 11.3. The summed E-state index contributed by atoms with van der Waals surface area (Å²) < 4.78 is 4.57. The summed E-state index contributed by atoms with van der Waals surface area (Å²) in [5, 5.41) is 0. The number of unbranched alkanes of at least 4 members (excludes halogenated alkanes) is 12. The van der Waals surface area contributed by atoms with Crippen LogP contribution in [0.3, 0.4) is 0 Å². The summed E-state index contributed by atoms with van der Waals surface area (Å²) >= 11 is 0. The Labute approximate surface area is 154 Å². The van der Waals surface area contributed by atoms with Gasteiger partial charge in [0, 0.05) is 0 Å². The standard InChI is InChI=1S/C22H38O3/c1-2-3-4-5-6-7-8-9-10-11-12-13-14-15-16-17-18-20-19-21(23)25-22(20)24/h9-10,20H,2-8,11-19H2,1H3. The van der Waals surface area contributed by atoms with Crippen LogP contribution < -0.4 is 0 Å². The molecule has 0 aromatic carbocycles. The maximum atomic E-state index is 11.3. The molecule has 0 bridgehead atoms. The van der Waals surface area contributed by atoms with Gasteiger partial charge in [0.15, 0.2) is 0 Å². The van der Waals surface area contributed by atoms with Gasteiger partial charge in [-0.3, -0.25) is 9.59 Å². The number of cyclic esters (lactones) is 2. The highest BCUT2D eigenvalue weighted by Gasteiger charge is 2.32. The van der Waals surface area contributed by atoms with Gasteiger partial charge in [-0.1, -0.05) is 83.3 Å². The topological polar surface area (TPSA) is 43.4 Å². The first-order valence-electron chi connectivity index (χ1n) is 10.6. The molecule has 1 rings (SSSR count). The molecule has 0 saturated carbocycles. The zero-order valence-electron chi connectivity index (χ0n) is 16.3. The van der Waals surface area contributed by atoms with Crippen LogP contribution in [0.4, 0.5) is 0 Å². The smallest absolute Gasteiger partial charge is 0.317 e. The quantitative estimate of drug-likeness (QED) is 0.138. The number of allylic oxidation sites excluding steroid dienone is 2. The number of hydrogen-bond donors (Lipinski definition) is 0. The first-order valence-corrected chi connectivity index (χ1v) is 10.6. The van der Waals surface area contributed by atoms with Crippen LogP contribution in [-0.2, 0) is 14.3 Å². The van der Waals surface area contributed by atoms with E-state index in [-0.39, 0.29) is 17.9 Å². The van der Waals surface area contributed by atoms with Crippen molar-refractivity contribution in [2.75, 3.05) is 0 Å². The molecular formula is C22H38O3. The number of rotatable bonds is 16. The number of ether oxygens (including phenoxy) is 1. The number of esters is 2. The van der Waals surface area contributed by atoms with Crippen LogP contribution in [0.2, 0.25) is 0 Å². The van der Waals surface area contributed by atoms with Crippen molar-refractivity contribution in [3.63, 3.8) is 0 Å². The Hall–Kier alpha value is -1.12. The van der Waals surface area contributed by atoms with Gasteiger partial charge in [0.05, 0.1) is 12.3 Å². The van der Waals surface area contributed by atoms with E-state index in [0.717, 1.165) is 19.3 Å². The van der Waals surface area contributed by atoms with Crippen LogP contribution >= 0.6 is 0 Å². The van der Waals surface area contributed by atoms with E-state index in [0.29, 0.717) is 6.42 Å². The maximum Gasteiger partial charge on any atom is 0.317 e. The Bertz CT molecular complexity index is 387. The molecule has 1 atom stereocenters. The van der Waals surface area contributed by atoms with Crippen molar-refractivity contribution in [2.24, 2.45) is 5.92 Å². The second-order valence-electron chi connectivity index (χ2n) is 7.42. The molecule has 1 heterocycles. The summed E-state index contributed by atoms with van der Waals surface area (Å²) in [7, 11) is 0. The molecule has 0 amide bonds. The summed E-state index contributed by atoms with van der Waals surface area (Å²) in [5.41, 5.74) is 0. The summed E-state index contributed by atoms with van der Waals surface area (Å²) in [4.78, 5) is 22.3. The minimum Gasteiger partial charge on any atom is -0.393 e. The Morgan fingerprint density at radius 3 is 1.84 bits per heavy atom. The van der Waals surface area contributed by atoms with Gasteiger partial charge in [-0.15, -0.1) is 0 Å². The molecule has 0 aromatic heterocycles. The third-order valence-corrected chi connectivity index (χ3v) is 5.03. The minimum atomic E-state index is -0.348. The van der Waals surface area contributed by atoms with Crippen LogP contribution in [0.15, 0.2) is 12.2 Å². The van der Waals surface area contributed by atoms with E-state index in [4.69, 9.17) is 0 Å². The monoisotopic (exact) mass is 350 g/mol. The van der Waals surface area contributed by atoms with E-state index in [2.05, 4.69) is 23.8 Å². The molecule has 1 saturated heterocycles. The third kappa shape index (κ3) is 12.0. The highest BCUT2D eigenvalue weighted by molar-refractivity contribution is 5.94. The molecular weight excluding hydrogens is 312 g/mol. The lowest BCUT2D eigenvalue weighted by Crippen LogP contribution is -2.06. The van der Waals surface area contributed by atoms with Crippen LogP contribution in [0.25, 0.3) is 0 Å². The lowest BCUT2D eigenvalue weighted by molar-refractivity contribution is -0.153. The molecule has 3 nitrogen and oxygen atoms in total. The van der Waals surface area contributed by atoms with E-state index in [9.17, 15) is 9.59 Å². The zero-order valence-corrected chi connectivity index (χ0v) is 16.3. The molecule has 1 aliphatic rings. The normalized spacial score (nSPS) is 17.6. The molecule has 0 aromatic rings. The molecule has 0 radical (unpaired) electrons. The molecule has 144 valence electrons. The van der Waals surface area contributed by atoms with Gasteiger partial charge in [-0.25, -0.2) is 0 Å². The lowest BCUT2D eigenvalue weighted by atomic mass is 9.99. The molecule has 1 aliphatic heterocycles. The summed E-state index contributed by atoms with van der Waals surface area (Å²) in [6, 6.07) is 0. The fraction of sp³-hybridized carbons (Fsp3) is 0.818. The van der Waals surface area contributed by atoms with Crippen molar-refractivity contribution in [1.82, 2.24) is 0 Å². The Balaban J connectivity index is 1.78. The SMILES string of the molecule is CCCCCCCCC=CCCCCCCCCC1CC(=O)OC1=O. The second kappa shape index (κ2) is 15.2. The minimum absolute atomic E-state index is 0.163. The molecule has 1 unspecified atom stereocenters. The summed E-state index contributed by atoms with van der Waals surface area (Å²) in [6.07, 6.45) is 23.8. The van der Waals surface area contributed by atoms with Crippen molar-refractivity contribution in [3.05, 3.63) is 12.2 Å². The second-order valence-corrected chi connectivity index (χ2v) is 7.42. The average molecular weight is 351 g/mol. The van der Waals surface area contributed by atoms with Crippen molar-refractivity contribution >= 4 is 11.9 Å². The van der Waals surface area contributed by atoms with Crippen molar-refractivity contribution < 1.29 is 14.3 Å². The Morgan fingerprint density at radius 1 is 0.800 bits per heavy atom. The average Bonchev–Trinajstić information content (AvgIpc) is 2.92. The molecule has 0 aliphatic carbocycles. The molecule has 0 spiro atoms. The molecule has 0 N–H and O–H groups in total. The van der Waals surface area contributed by atoms with E-state index >= 15 is 0 Å². The first kappa shape index (κ1) is 21.9. The fourth-order valence-corrected chi connectivity index (χ4v) is 3.38. The highest BCUT2D eigenvalue weighted by Crippen LogP contribution is 2.22. The number of carbonyl (C=O) groups excluding carboxylic acids is 2. The van der Waals surface area contributed by atoms with E-state index in [1.165, 1.54) is 77.0 Å². The van der Waals surface area contributed by atoms with E-state index in [1.54, 1.807) is 0 Å². The van der Waals surface area contributed by atoms with Gasteiger partial charge < -0.3 is 4.74 Å². The van der Waals surface area contributed by atoms with Crippen LogP contribution in [-0.4, -0.2) is 11.9 Å². The van der Waals surface area contributed by atoms with E-state index < -0.39 is 0 Å². The molecule has 3 heteroatoms. The van der Waals surface area contributed by atoms with Gasteiger partial charge in [-0.05, 0) is 32.1 Å². The zero-order chi connectivity index (χ0) is 18.2.